The van der Waals surface area contributed by atoms with Gasteiger partial charge in [-0.15, -0.1) is 0 Å². The average molecular weight is 425 g/mol. The predicted octanol–water partition coefficient (Wildman–Crippen LogP) is 3.19. The zero-order chi connectivity index (χ0) is 21.8. The summed E-state index contributed by atoms with van der Waals surface area (Å²) in [7, 11) is 0. The highest BCUT2D eigenvalue weighted by atomic mass is 19.1. The molecule has 6 nitrogen and oxygen atoms in total. The van der Waals surface area contributed by atoms with Gasteiger partial charge >= 0.3 is 0 Å². The lowest BCUT2D eigenvalue weighted by Crippen LogP contribution is -2.54. The highest BCUT2D eigenvalue weighted by molar-refractivity contribution is 5.84. The Balaban J connectivity index is 1.58. The van der Waals surface area contributed by atoms with Gasteiger partial charge in [0.05, 0.1) is 11.1 Å². The second-order valence-corrected chi connectivity index (χ2v) is 8.78. The van der Waals surface area contributed by atoms with Crippen LogP contribution in [-0.2, 0) is 16.0 Å². The zero-order valence-electron chi connectivity index (χ0n) is 18.0. The summed E-state index contributed by atoms with van der Waals surface area (Å²) in [5.74, 6) is -0.0193. The molecule has 0 bridgehead atoms. The minimum absolute atomic E-state index is 0.0210. The summed E-state index contributed by atoms with van der Waals surface area (Å²) in [6.45, 7) is 3.91. The zero-order valence-corrected chi connectivity index (χ0v) is 18.0. The molecule has 1 aromatic heterocycles. The van der Waals surface area contributed by atoms with E-state index < -0.39 is 5.41 Å². The van der Waals surface area contributed by atoms with Crippen LogP contribution < -0.4 is 0 Å². The molecule has 2 aliphatic rings. The average Bonchev–Trinajstić information content (AvgIpc) is 2.81. The van der Waals surface area contributed by atoms with Gasteiger partial charge in [0.25, 0.3) is 0 Å². The summed E-state index contributed by atoms with van der Waals surface area (Å²) in [6.07, 6.45) is 8.45. The van der Waals surface area contributed by atoms with Gasteiger partial charge in [0.2, 0.25) is 11.8 Å². The summed E-state index contributed by atoms with van der Waals surface area (Å²) in [4.78, 5) is 38.1. The fourth-order valence-electron chi connectivity index (χ4n) is 4.98. The maximum absolute atomic E-state index is 14.5. The van der Waals surface area contributed by atoms with Crippen LogP contribution in [0.15, 0.2) is 42.9 Å². The van der Waals surface area contributed by atoms with E-state index in [9.17, 15) is 14.0 Å². The molecule has 164 valence electrons. The number of rotatable bonds is 4. The van der Waals surface area contributed by atoms with E-state index in [0.717, 1.165) is 18.5 Å². The SMILES string of the molecule is CC(=O)N1CCC(Cc2ccccc2F)(C(=O)N2CCC[C@@H](c3cnccn3)C2)CC1. The van der Waals surface area contributed by atoms with Crippen LogP contribution >= 0.6 is 0 Å². The Hall–Kier alpha value is -2.83. The first-order valence-corrected chi connectivity index (χ1v) is 11.0. The molecule has 3 heterocycles. The standard InChI is InChI=1S/C24H29FN4O2/c1-18(30)28-13-8-24(9-14-28,15-19-5-2-3-7-21(19)25)23(31)29-12-4-6-20(17-29)22-16-26-10-11-27-22/h2-3,5,7,10-11,16,20H,4,6,8-9,12-15,17H2,1H3/t20-/m1/s1. The van der Waals surface area contributed by atoms with Gasteiger partial charge in [0.1, 0.15) is 5.82 Å². The molecule has 2 aromatic rings. The Bertz CT molecular complexity index is 928. The molecule has 0 aliphatic carbocycles. The van der Waals surface area contributed by atoms with Crippen molar-refractivity contribution >= 4 is 11.8 Å². The molecule has 1 atom stereocenters. The van der Waals surface area contributed by atoms with Crippen molar-refractivity contribution in [3.63, 3.8) is 0 Å². The summed E-state index contributed by atoms with van der Waals surface area (Å²) >= 11 is 0. The lowest BCUT2D eigenvalue weighted by atomic mass is 9.72. The minimum Gasteiger partial charge on any atom is -0.343 e. The molecule has 2 aliphatic heterocycles. The smallest absolute Gasteiger partial charge is 0.229 e. The van der Waals surface area contributed by atoms with E-state index in [4.69, 9.17) is 0 Å². The van der Waals surface area contributed by atoms with Crippen LogP contribution in [0.1, 0.15) is 49.8 Å². The van der Waals surface area contributed by atoms with Crippen molar-refractivity contribution in [3.05, 3.63) is 59.9 Å². The second-order valence-electron chi connectivity index (χ2n) is 8.78. The maximum Gasteiger partial charge on any atom is 0.229 e. The molecule has 0 saturated carbocycles. The van der Waals surface area contributed by atoms with Crippen molar-refractivity contribution < 1.29 is 14.0 Å². The first-order valence-electron chi connectivity index (χ1n) is 11.0. The van der Waals surface area contributed by atoms with E-state index in [1.54, 1.807) is 42.5 Å². The molecule has 2 fully saturated rings. The molecular weight excluding hydrogens is 395 g/mol. The Morgan fingerprint density at radius 2 is 1.90 bits per heavy atom. The third kappa shape index (κ3) is 4.60. The molecule has 0 unspecified atom stereocenters. The first-order chi connectivity index (χ1) is 15.0. The van der Waals surface area contributed by atoms with Crippen LogP contribution in [0, 0.1) is 11.2 Å². The van der Waals surface area contributed by atoms with Gasteiger partial charge in [-0.1, -0.05) is 18.2 Å². The van der Waals surface area contributed by atoms with E-state index in [1.165, 1.54) is 6.07 Å². The highest BCUT2D eigenvalue weighted by Gasteiger charge is 2.45. The quantitative estimate of drug-likeness (QED) is 0.756. The van der Waals surface area contributed by atoms with E-state index in [0.29, 0.717) is 51.0 Å². The van der Waals surface area contributed by atoms with Gasteiger partial charge in [-0.3, -0.25) is 19.6 Å². The topological polar surface area (TPSA) is 66.4 Å². The molecule has 0 spiro atoms. The van der Waals surface area contributed by atoms with Crippen molar-refractivity contribution in [1.82, 2.24) is 19.8 Å². The lowest BCUT2D eigenvalue weighted by Gasteiger charge is -2.45. The number of benzene rings is 1. The van der Waals surface area contributed by atoms with Gasteiger partial charge in [0, 0.05) is 57.6 Å². The monoisotopic (exact) mass is 424 g/mol. The van der Waals surface area contributed by atoms with Crippen molar-refractivity contribution in [2.24, 2.45) is 5.41 Å². The van der Waals surface area contributed by atoms with Crippen LogP contribution in [0.3, 0.4) is 0 Å². The number of piperidine rings is 2. The molecule has 4 rings (SSSR count). The van der Waals surface area contributed by atoms with Gasteiger partial charge < -0.3 is 9.80 Å². The van der Waals surface area contributed by atoms with Crippen molar-refractivity contribution in [3.8, 4) is 0 Å². The largest absolute Gasteiger partial charge is 0.343 e. The molecule has 7 heteroatoms. The van der Waals surface area contributed by atoms with Gasteiger partial charge in [-0.05, 0) is 43.7 Å². The van der Waals surface area contributed by atoms with E-state index in [-0.39, 0.29) is 23.5 Å². The van der Waals surface area contributed by atoms with E-state index in [1.807, 2.05) is 11.0 Å². The number of likely N-dealkylation sites (tertiary alicyclic amines) is 2. The fourth-order valence-corrected chi connectivity index (χ4v) is 4.98. The molecule has 31 heavy (non-hydrogen) atoms. The summed E-state index contributed by atoms with van der Waals surface area (Å²) in [5.41, 5.74) is 0.780. The second kappa shape index (κ2) is 9.12. The van der Waals surface area contributed by atoms with E-state index >= 15 is 0 Å². The van der Waals surface area contributed by atoms with E-state index in [2.05, 4.69) is 9.97 Å². The van der Waals surface area contributed by atoms with Gasteiger partial charge in [0.15, 0.2) is 0 Å². The summed E-state index contributed by atoms with van der Waals surface area (Å²) in [6, 6.07) is 6.69. The lowest BCUT2D eigenvalue weighted by molar-refractivity contribution is -0.149. The molecule has 0 radical (unpaired) electrons. The molecule has 1 aromatic carbocycles. The van der Waals surface area contributed by atoms with Crippen LogP contribution in [0.5, 0.6) is 0 Å². The third-order valence-electron chi connectivity index (χ3n) is 6.82. The number of carbonyl (C=O) groups is 2. The van der Waals surface area contributed by atoms with Crippen molar-refractivity contribution in [2.75, 3.05) is 26.2 Å². The maximum atomic E-state index is 14.5. The highest BCUT2D eigenvalue weighted by Crippen LogP contribution is 2.39. The van der Waals surface area contributed by atoms with Crippen LogP contribution in [0.4, 0.5) is 4.39 Å². The van der Waals surface area contributed by atoms with Gasteiger partial charge in [-0.25, -0.2) is 4.39 Å². The predicted molar refractivity (Wildman–Crippen MR) is 115 cm³/mol. The summed E-state index contributed by atoms with van der Waals surface area (Å²) < 4.78 is 14.5. The number of nitrogens with zero attached hydrogens (tertiary/aromatic N) is 4. The van der Waals surface area contributed by atoms with Crippen LogP contribution in [0.2, 0.25) is 0 Å². The molecular formula is C24H29FN4O2. The Labute approximate surface area is 182 Å². The van der Waals surface area contributed by atoms with Crippen LogP contribution in [-0.4, -0.2) is 57.8 Å². The van der Waals surface area contributed by atoms with Gasteiger partial charge in [-0.2, -0.15) is 0 Å². The molecule has 0 N–H and O–H groups in total. The third-order valence-corrected chi connectivity index (χ3v) is 6.82. The summed E-state index contributed by atoms with van der Waals surface area (Å²) in [5, 5.41) is 0. The normalized spacial score (nSPS) is 21.0. The molecule has 2 saturated heterocycles. The van der Waals surface area contributed by atoms with Crippen LogP contribution in [0.25, 0.3) is 0 Å². The number of hydrogen-bond donors (Lipinski definition) is 0. The Morgan fingerprint density at radius 3 is 2.58 bits per heavy atom. The number of hydrogen-bond acceptors (Lipinski definition) is 4. The number of amides is 2. The number of carbonyl (C=O) groups excluding carboxylic acids is 2. The number of aromatic nitrogens is 2. The van der Waals surface area contributed by atoms with Crippen molar-refractivity contribution in [1.29, 1.82) is 0 Å². The number of halogens is 1. The van der Waals surface area contributed by atoms with Crippen molar-refractivity contribution in [2.45, 2.75) is 44.9 Å². The molecule has 2 amide bonds. The fraction of sp³-hybridized carbons (Fsp3) is 0.500. The first kappa shape index (κ1) is 21.4. The Morgan fingerprint density at radius 1 is 1.13 bits per heavy atom. The Kier molecular flexibility index (Phi) is 6.30. The minimum atomic E-state index is -0.696.